The van der Waals surface area contributed by atoms with E-state index in [2.05, 4.69) is 13.0 Å². The molecule has 0 bridgehead atoms. The zero-order chi connectivity index (χ0) is 20.2. The summed E-state index contributed by atoms with van der Waals surface area (Å²) in [7, 11) is 3.53. The molecule has 1 rings (SSSR count). The van der Waals surface area contributed by atoms with Gasteiger partial charge in [0.05, 0.1) is 18.3 Å². The van der Waals surface area contributed by atoms with Crippen LogP contribution in [0.5, 0.6) is 0 Å². The summed E-state index contributed by atoms with van der Waals surface area (Å²) in [6, 6.07) is 0. The fourth-order valence-electron chi connectivity index (χ4n) is 3.63. The Labute approximate surface area is 164 Å². The van der Waals surface area contributed by atoms with Crippen molar-refractivity contribution in [3.63, 3.8) is 0 Å². The third kappa shape index (κ3) is 9.04. The topological polar surface area (TPSA) is 81.0 Å². The van der Waals surface area contributed by atoms with Gasteiger partial charge in [-0.25, -0.2) is 0 Å². The molecule has 1 aliphatic carbocycles. The highest BCUT2D eigenvalue weighted by atomic mass is 16.3. The number of aliphatic hydroxyl groups excluding tert-OH is 3. The van der Waals surface area contributed by atoms with Crippen LogP contribution in [0.25, 0.3) is 0 Å². The van der Waals surface area contributed by atoms with Gasteiger partial charge in [0.2, 0.25) is 5.91 Å². The molecular formula is C22H39NO4. The fourth-order valence-corrected chi connectivity index (χ4v) is 3.63. The number of unbranched alkanes of at least 4 members (excludes halogenated alkanes) is 3. The smallest absolute Gasteiger partial charge is 0.222 e. The molecule has 0 saturated heterocycles. The Morgan fingerprint density at radius 2 is 1.89 bits per heavy atom. The second-order valence-corrected chi connectivity index (χ2v) is 7.95. The number of nitrogens with zero attached hydrogens (tertiary/aromatic N) is 1. The fraction of sp³-hybridized carbons (Fsp3) is 0.773. The molecule has 5 heteroatoms. The lowest BCUT2D eigenvalue weighted by molar-refractivity contribution is -0.128. The first-order valence-corrected chi connectivity index (χ1v) is 10.4. The summed E-state index contributed by atoms with van der Waals surface area (Å²) in [6.45, 7) is 2.14. The second kappa shape index (κ2) is 13.1. The molecule has 5 atom stereocenters. The van der Waals surface area contributed by atoms with Crippen LogP contribution in [0, 0.1) is 11.8 Å². The van der Waals surface area contributed by atoms with E-state index in [4.69, 9.17) is 0 Å². The van der Waals surface area contributed by atoms with Gasteiger partial charge in [-0.1, -0.05) is 50.5 Å². The highest BCUT2D eigenvalue weighted by Crippen LogP contribution is 2.36. The summed E-state index contributed by atoms with van der Waals surface area (Å²) in [5, 5.41) is 30.6. The van der Waals surface area contributed by atoms with E-state index >= 15 is 0 Å². The quantitative estimate of drug-likeness (QED) is 0.358. The summed E-state index contributed by atoms with van der Waals surface area (Å²) in [5.41, 5.74) is 0. The SMILES string of the molecule is CCCCC[C@H](O)C=C[C@@H]1[C@@H](CC=CCCCC(=O)N(C)C)[C@@H](O)C[C@H]1O. The molecule has 0 unspecified atom stereocenters. The van der Waals surface area contributed by atoms with Gasteiger partial charge >= 0.3 is 0 Å². The van der Waals surface area contributed by atoms with E-state index < -0.39 is 18.3 Å². The van der Waals surface area contributed by atoms with Gasteiger partial charge in [-0.3, -0.25) is 4.79 Å². The first-order valence-electron chi connectivity index (χ1n) is 10.4. The summed E-state index contributed by atoms with van der Waals surface area (Å²) < 4.78 is 0. The van der Waals surface area contributed by atoms with Gasteiger partial charge in [-0.15, -0.1) is 0 Å². The highest BCUT2D eigenvalue weighted by Gasteiger charge is 2.39. The average molecular weight is 382 g/mol. The maximum absolute atomic E-state index is 11.5. The Hall–Kier alpha value is -1.17. The van der Waals surface area contributed by atoms with Crippen molar-refractivity contribution in [2.24, 2.45) is 11.8 Å². The van der Waals surface area contributed by atoms with Crippen molar-refractivity contribution in [2.45, 2.75) is 83.0 Å². The summed E-state index contributed by atoms with van der Waals surface area (Å²) in [6.07, 6.45) is 13.5. The van der Waals surface area contributed by atoms with Crippen LogP contribution in [0.1, 0.15) is 64.7 Å². The molecule has 0 heterocycles. The zero-order valence-corrected chi connectivity index (χ0v) is 17.3. The largest absolute Gasteiger partial charge is 0.393 e. The van der Waals surface area contributed by atoms with Crippen LogP contribution in [0.4, 0.5) is 0 Å². The Kier molecular flexibility index (Phi) is 11.6. The minimum Gasteiger partial charge on any atom is -0.393 e. The summed E-state index contributed by atoms with van der Waals surface area (Å²) in [4.78, 5) is 13.1. The van der Waals surface area contributed by atoms with Crippen LogP contribution in [0.2, 0.25) is 0 Å². The van der Waals surface area contributed by atoms with Crippen LogP contribution in [-0.4, -0.2) is 58.5 Å². The third-order valence-electron chi connectivity index (χ3n) is 5.41. The molecule has 0 radical (unpaired) electrons. The molecule has 156 valence electrons. The molecule has 27 heavy (non-hydrogen) atoms. The Morgan fingerprint density at radius 1 is 1.15 bits per heavy atom. The van der Waals surface area contributed by atoms with Gasteiger partial charge in [0.15, 0.2) is 0 Å². The maximum Gasteiger partial charge on any atom is 0.222 e. The van der Waals surface area contributed by atoms with Gasteiger partial charge in [0.25, 0.3) is 0 Å². The zero-order valence-electron chi connectivity index (χ0n) is 17.3. The van der Waals surface area contributed by atoms with Crippen LogP contribution in [0.15, 0.2) is 24.3 Å². The molecule has 0 aromatic rings. The summed E-state index contributed by atoms with van der Waals surface area (Å²) in [5.74, 6) is -0.0139. The third-order valence-corrected chi connectivity index (χ3v) is 5.41. The van der Waals surface area contributed by atoms with Gasteiger partial charge in [0.1, 0.15) is 0 Å². The standard InChI is InChI=1S/C22H39NO4/c1-4-5-8-11-17(24)14-15-19-18(20(25)16-21(19)26)12-9-6-7-10-13-22(27)23(2)3/h6,9,14-15,17-21,24-26H,4-5,7-8,10-13,16H2,1-3H3/t17-,18+,19+,20-,21+/m0/s1. The second-order valence-electron chi connectivity index (χ2n) is 7.95. The lowest BCUT2D eigenvalue weighted by Crippen LogP contribution is -2.21. The number of hydrogen-bond acceptors (Lipinski definition) is 4. The summed E-state index contributed by atoms with van der Waals surface area (Å²) >= 11 is 0. The van der Waals surface area contributed by atoms with E-state index in [1.54, 1.807) is 25.1 Å². The molecule has 1 fully saturated rings. The minimum absolute atomic E-state index is 0.0289. The lowest BCUT2D eigenvalue weighted by atomic mass is 9.89. The van der Waals surface area contributed by atoms with E-state index in [-0.39, 0.29) is 17.7 Å². The van der Waals surface area contributed by atoms with E-state index in [0.717, 1.165) is 38.5 Å². The molecule has 1 saturated carbocycles. The van der Waals surface area contributed by atoms with E-state index in [9.17, 15) is 20.1 Å². The Bertz CT molecular complexity index is 475. The molecule has 1 aliphatic rings. The Morgan fingerprint density at radius 3 is 2.56 bits per heavy atom. The molecule has 0 spiro atoms. The first kappa shape index (κ1) is 23.9. The van der Waals surface area contributed by atoms with Crippen molar-refractivity contribution >= 4 is 5.91 Å². The number of carbonyl (C=O) groups excluding carboxylic acids is 1. The minimum atomic E-state index is -0.560. The maximum atomic E-state index is 11.5. The molecule has 0 aromatic heterocycles. The van der Waals surface area contributed by atoms with Crippen LogP contribution in [0.3, 0.4) is 0 Å². The monoisotopic (exact) mass is 381 g/mol. The first-order chi connectivity index (χ1) is 12.9. The van der Waals surface area contributed by atoms with Gasteiger partial charge in [-0.2, -0.15) is 0 Å². The normalized spacial score (nSPS) is 26.9. The number of allylic oxidation sites excluding steroid dienone is 2. The van der Waals surface area contributed by atoms with Gasteiger partial charge in [-0.05, 0) is 31.6 Å². The van der Waals surface area contributed by atoms with Crippen molar-refractivity contribution in [1.82, 2.24) is 4.90 Å². The predicted octanol–water partition coefficient (Wildman–Crippen LogP) is 3.05. The average Bonchev–Trinajstić information content (AvgIpc) is 2.88. The molecule has 5 nitrogen and oxygen atoms in total. The number of rotatable bonds is 12. The van der Waals surface area contributed by atoms with Gasteiger partial charge in [0, 0.05) is 32.9 Å². The lowest BCUT2D eigenvalue weighted by Gasteiger charge is -2.19. The number of hydrogen-bond donors (Lipinski definition) is 3. The number of carbonyl (C=O) groups is 1. The molecule has 0 aliphatic heterocycles. The van der Waals surface area contributed by atoms with E-state index in [1.807, 2.05) is 12.2 Å². The van der Waals surface area contributed by atoms with E-state index in [1.165, 1.54) is 0 Å². The van der Waals surface area contributed by atoms with Crippen LogP contribution < -0.4 is 0 Å². The van der Waals surface area contributed by atoms with Crippen molar-refractivity contribution in [1.29, 1.82) is 0 Å². The van der Waals surface area contributed by atoms with Crippen molar-refractivity contribution < 1.29 is 20.1 Å². The molecule has 3 N–H and O–H groups in total. The highest BCUT2D eigenvalue weighted by molar-refractivity contribution is 5.75. The van der Waals surface area contributed by atoms with Gasteiger partial charge < -0.3 is 20.2 Å². The molecule has 1 amide bonds. The van der Waals surface area contributed by atoms with Crippen LogP contribution in [-0.2, 0) is 4.79 Å². The number of aliphatic hydroxyl groups is 3. The van der Waals surface area contributed by atoms with Crippen molar-refractivity contribution in [3.05, 3.63) is 24.3 Å². The molecule has 0 aromatic carbocycles. The number of amides is 1. The Balaban J connectivity index is 2.44. The molecular weight excluding hydrogens is 342 g/mol. The van der Waals surface area contributed by atoms with Crippen molar-refractivity contribution in [3.8, 4) is 0 Å². The van der Waals surface area contributed by atoms with Crippen molar-refractivity contribution in [2.75, 3.05) is 14.1 Å². The van der Waals surface area contributed by atoms with E-state index in [0.29, 0.717) is 19.3 Å². The van der Waals surface area contributed by atoms with Crippen LogP contribution >= 0.6 is 0 Å². The predicted molar refractivity (Wildman–Crippen MR) is 109 cm³/mol.